The minimum Gasteiger partial charge on any atom is -0.351 e. The number of primary amides is 1. The molecule has 0 spiro atoms. The largest absolute Gasteiger partial charge is 0.351 e. The Balaban J connectivity index is 0.000000369. The highest BCUT2D eigenvalue weighted by Gasteiger charge is 2.17. The quantitative estimate of drug-likeness (QED) is 0.123. The Bertz CT molecular complexity index is 1680. The van der Waals surface area contributed by atoms with Crippen LogP contribution >= 0.6 is 31.9 Å². The fourth-order valence-electron chi connectivity index (χ4n) is 3.34. The van der Waals surface area contributed by atoms with Gasteiger partial charge in [-0.2, -0.15) is 0 Å². The SMILES string of the molecule is CC(=O)Nc1ccc(S(=O)(=O)Nc2ccccc2NC(=O)Nc2ccccc2Br)cc1.NC(=O)Nc1ccccc1Br. The summed E-state index contributed by atoms with van der Waals surface area (Å²) in [5.41, 5.74) is 7.14. The molecule has 4 rings (SSSR count). The summed E-state index contributed by atoms with van der Waals surface area (Å²) in [6, 6.07) is 25.5. The van der Waals surface area contributed by atoms with Gasteiger partial charge in [-0.3, -0.25) is 9.52 Å². The molecule has 0 radical (unpaired) electrons. The minimum absolute atomic E-state index is 0.00840. The Morgan fingerprint density at radius 1 is 0.619 bits per heavy atom. The van der Waals surface area contributed by atoms with Gasteiger partial charge in [0.15, 0.2) is 0 Å². The van der Waals surface area contributed by atoms with Crippen molar-refractivity contribution < 1.29 is 22.8 Å². The van der Waals surface area contributed by atoms with E-state index in [0.29, 0.717) is 21.5 Å². The zero-order valence-electron chi connectivity index (χ0n) is 22.0. The molecule has 4 aromatic carbocycles. The molecule has 11 nitrogen and oxygen atoms in total. The van der Waals surface area contributed by atoms with Crippen molar-refractivity contribution in [3.63, 3.8) is 0 Å². The van der Waals surface area contributed by atoms with Crippen LogP contribution in [0.4, 0.5) is 38.0 Å². The smallest absolute Gasteiger partial charge is 0.323 e. The van der Waals surface area contributed by atoms with Crippen molar-refractivity contribution in [2.24, 2.45) is 5.73 Å². The number of carbonyl (C=O) groups excluding carboxylic acids is 3. The van der Waals surface area contributed by atoms with Gasteiger partial charge >= 0.3 is 12.1 Å². The van der Waals surface area contributed by atoms with Crippen LogP contribution in [0.5, 0.6) is 0 Å². The van der Waals surface area contributed by atoms with Gasteiger partial charge in [0.25, 0.3) is 10.0 Å². The average molecular weight is 718 g/mol. The molecule has 14 heteroatoms. The van der Waals surface area contributed by atoms with Crippen molar-refractivity contribution in [3.05, 3.63) is 106 Å². The van der Waals surface area contributed by atoms with Gasteiger partial charge in [0.2, 0.25) is 5.91 Å². The van der Waals surface area contributed by atoms with Gasteiger partial charge in [-0.1, -0.05) is 36.4 Å². The number of hydrogen-bond acceptors (Lipinski definition) is 5. The number of anilines is 5. The van der Waals surface area contributed by atoms with Gasteiger partial charge in [-0.25, -0.2) is 18.0 Å². The number of sulfonamides is 1. The number of nitrogens with two attached hydrogens (primary N) is 1. The summed E-state index contributed by atoms with van der Waals surface area (Å²) in [6.07, 6.45) is 0. The second kappa shape index (κ2) is 15.0. The number of rotatable bonds is 7. The third-order valence-corrected chi connectivity index (χ3v) is 7.92. The summed E-state index contributed by atoms with van der Waals surface area (Å²) < 4.78 is 29.6. The van der Waals surface area contributed by atoms with Gasteiger partial charge in [-0.05, 0) is 92.5 Å². The summed E-state index contributed by atoms with van der Waals surface area (Å²) in [4.78, 5) is 33.9. The normalized spacial score (nSPS) is 10.4. The molecule has 0 heterocycles. The first-order valence-electron chi connectivity index (χ1n) is 12.1. The van der Waals surface area contributed by atoms with Crippen molar-refractivity contribution in [1.82, 2.24) is 0 Å². The van der Waals surface area contributed by atoms with E-state index in [0.717, 1.165) is 4.47 Å². The summed E-state index contributed by atoms with van der Waals surface area (Å²) >= 11 is 6.61. The first-order chi connectivity index (χ1) is 19.9. The molecule has 7 N–H and O–H groups in total. The Morgan fingerprint density at radius 3 is 1.57 bits per heavy atom. The molecule has 0 aliphatic carbocycles. The first-order valence-corrected chi connectivity index (χ1v) is 15.1. The topological polar surface area (TPSA) is 172 Å². The highest BCUT2D eigenvalue weighted by Crippen LogP contribution is 2.26. The van der Waals surface area contributed by atoms with E-state index in [1.54, 1.807) is 42.5 Å². The molecule has 0 aromatic heterocycles. The van der Waals surface area contributed by atoms with Crippen molar-refractivity contribution in [1.29, 1.82) is 0 Å². The lowest BCUT2D eigenvalue weighted by molar-refractivity contribution is -0.114. The predicted molar refractivity (Wildman–Crippen MR) is 172 cm³/mol. The minimum atomic E-state index is -3.92. The van der Waals surface area contributed by atoms with Crippen LogP contribution in [-0.4, -0.2) is 26.4 Å². The van der Waals surface area contributed by atoms with Crippen LogP contribution < -0.4 is 31.7 Å². The first kappa shape index (κ1) is 32.1. The van der Waals surface area contributed by atoms with E-state index >= 15 is 0 Å². The Labute approximate surface area is 259 Å². The van der Waals surface area contributed by atoms with Gasteiger partial charge in [0.05, 0.1) is 27.6 Å². The molecule has 42 heavy (non-hydrogen) atoms. The molecule has 0 saturated carbocycles. The van der Waals surface area contributed by atoms with Crippen LogP contribution in [0.2, 0.25) is 0 Å². The maximum absolute atomic E-state index is 12.8. The number of para-hydroxylation sites is 4. The molecule has 0 aliphatic rings. The van der Waals surface area contributed by atoms with Crippen molar-refractivity contribution in [3.8, 4) is 0 Å². The maximum Gasteiger partial charge on any atom is 0.323 e. The van der Waals surface area contributed by atoms with Gasteiger partial charge in [0, 0.05) is 21.6 Å². The average Bonchev–Trinajstić information content (AvgIpc) is 2.92. The van der Waals surface area contributed by atoms with Crippen molar-refractivity contribution in [2.45, 2.75) is 11.8 Å². The van der Waals surface area contributed by atoms with Crippen LogP contribution in [0.15, 0.2) is 111 Å². The second-order valence-electron chi connectivity index (χ2n) is 8.38. The van der Waals surface area contributed by atoms with Crippen molar-refractivity contribution in [2.75, 3.05) is 26.0 Å². The lowest BCUT2D eigenvalue weighted by Gasteiger charge is -2.14. The molecular formula is C28H26Br2N6O5S. The summed E-state index contributed by atoms with van der Waals surface area (Å²) in [5, 5.41) is 10.4. The fourth-order valence-corrected chi connectivity index (χ4v) is 5.19. The molecule has 0 aliphatic heterocycles. The van der Waals surface area contributed by atoms with E-state index in [9.17, 15) is 22.8 Å². The molecule has 0 atom stereocenters. The van der Waals surface area contributed by atoms with Crippen molar-refractivity contribution >= 4 is 88.3 Å². The third-order valence-electron chi connectivity index (χ3n) is 5.16. The van der Waals surface area contributed by atoms with E-state index < -0.39 is 22.1 Å². The predicted octanol–water partition coefficient (Wildman–Crippen LogP) is 6.79. The van der Waals surface area contributed by atoms with Crippen LogP contribution in [0, 0.1) is 0 Å². The standard InChI is InChI=1S/C21H19BrN4O4S.C7H7BrN2O/c1-14(27)23-15-10-12-16(13-11-15)31(29,30)26-20-9-5-4-8-19(20)25-21(28)24-18-7-3-2-6-17(18)22;8-5-3-1-2-4-6(5)10-7(9)11/h2-13,26H,1H3,(H,23,27)(H2,24,25,28);1-4H,(H3,9,10,11). The van der Waals surface area contributed by atoms with E-state index in [-0.39, 0.29) is 22.2 Å². The molecular weight excluding hydrogens is 692 g/mol. The van der Waals surface area contributed by atoms with E-state index in [1.807, 2.05) is 24.3 Å². The zero-order valence-corrected chi connectivity index (χ0v) is 26.0. The number of amides is 5. The lowest BCUT2D eigenvalue weighted by Crippen LogP contribution is -2.21. The highest BCUT2D eigenvalue weighted by molar-refractivity contribution is 9.11. The number of urea groups is 2. The molecule has 0 bridgehead atoms. The number of benzene rings is 4. The molecule has 0 unspecified atom stereocenters. The fraction of sp³-hybridized carbons (Fsp3) is 0.0357. The third kappa shape index (κ3) is 9.90. The number of hydrogen-bond donors (Lipinski definition) is 6. The summed E-state index contributed by atoms with van der Waals surface area (Å²) in [7, 11) is -3.92. The van der Waals surface area contributed by atoms with Crippen LogP contribution in [0.3, 0.4) is 0 Å². The van der Waals surface area contributed by atoms with Crippen LogP contribution in [0.25, 0.3) is 0 Å². The van der Waals surface area contributed by atoms with E-state index in [4.69, 9.17) is 5.73 Å². The van der Waals surface area contributed by atoms with E-state index in [1.165, 1.54) is 37.3 Å². The van der Waals surface area contributed by atoms with Crippen LogP contribution in [-0.2, 0) is 14.8 Å². The molecule has 5 amide bonds. The lowest BCUT2D eigenvalue weighted by atomic mass is 10.3. The summed E-state index contributed by atoms with van der Waals surface area (Å²) in [6.45, 7) is 1.36. The number of carbonyl (C=O) groups is 3. The molecule has 218 valence electrons. The maximum atomic E-state index is 12.8. The zero-order chi connectivity index (χ0) is 30.7. The Kier molecular flexibility index (Phi) is 11.5. The monoisotopic (exact) mass is 716 g/mol. The second-order valence-corrected chi connectivity index (χ2v) is 11.8. The van der Waals surface area contributed by atoms with Gasteiger partial charge in [0.1, 0.15) is 0 Å². The van der Waals surface area contributed by atoms with Crippen LogP contribution in [0.1, 0.15) is 6.92 Å². The highest BCUT2D eigenvalue weighted by atomic mass is 79.9. The molecule has 4 aromatic rings. The Hall–Kier alpha value is -4.40. The summed E-state index contributed by atoms with van der Waals surface area (Å²) in [5.74, 6) is -0.255. The van der Waals surface area contributed by atoms with E-state index in [2.05, 4.69) is 57.8 Å². The van der Waals surface area contributed by atoms with Gasteiger partial charge < -0.3 is 27.0 Å². The Morgan fingerprint density at radius 2 is 1.07 bits per heavy atom. The number of nitrogens with one attached hydrogen (secondary N) is 5. The molecule has 0 saturated heterocycles. The molecule has 0 fully saturated rings. The number of halogens is 2. The van der Waals surface area contributed by atoms with Gasteiger partial charge in [-0.15, -0.1) is 0 Å².